The lowest BCUT2D eigenvalue weighted by atomic mass is 9.94. The molecule has 134 valence electrons. The van der Waals surface area contributed by atoms with Crippen LogP contribution in [0.4, 0.5) is 0 Å². The van der Waals surface area contributed by atoms with E-state index in [0.717, 1.165) is 36.1 Å². The highest BCUT2D eigenvalue weighted by atomic mass is 16.2. The molecule has 0 radical (unpaired) electrons. The number of H-pyrrole nitrogens is 1. The Bertz CT molecular complexity index is 977. The van der Waals surface area contributed by atoms with Gasteiger partial charge in [0, 0.05) is 43.9 Å². The average Bonchev–Trinajstić information content (AvgIpc) is 3.09. The van der Waals surface area contributed by atoms with Crippen LogP contribution in [0.5, 0.6) is 0 Å². The fourth-order valence-electron chi connectivity index (χ4n) is 3.64. The number of aromatic nitrogens is 4. The third-order valence-corrected chi connectivity index (χ3v) is 5.01. The molecule has 1 aliphatic rings. The zero-order valence-corrected chi connectivity index (χ0v) is 14.5. The van der Waals surface area contributed by atoms with Crippen LogP contribution in [0.1, 0.15) is 30.9 Å². The molecule has 4 rings (SSSR count). The number of aromatic amines is 1. The van der Waals surface area contributed by atoms with E-state index in [0.29, 0.717) is 19.5 Å². The molecular formula is C19H21N5O2. The summed E-state index contributed by atoms with van der Waals surface area (Å²) in [5, 5.41) is 0. The number of hydrogen-bond acceptors (Lipinski definition) is 4. The largest absolute Gasteiger partial charge is 0.345 e. The first kappa shape index (κ1) is 16.5. The first-order valence-electron chi connectivity index (χ1n) is 8.93. The van der Waals surface area contributed by atoms with Gasteiger partial charge in [-0.3, -0.25) is 4.79 Å². The monoisotopic (exact) mass is 351 g/mol. The van der Waals surface area contributed by atoms with Crippen molar-refractivity contribution in [2.75, 3.05) is 13.1 Å². The summed E-state index contributed by atoms with van der Waals surface area (Å²) < 4.78 is 2.02. The average molecular weight is 351 g/mol. The molecule has 7 nitrogen and oxygen atoms in total. The van der Waals surface area contributed by atoms with E-state index in [1.165, 1.54) is 6.20 Å². The van der Waals surface area contributed by atoms with Crippen molar-refractivity contribution in [2.24, 2.45) is 0 Å². The first-order chi connectivity index (χ1) is 12.7. The van der Waals surface area contributed by atoms with Crippen molar-refractivity contribution in [1.82, 2.24) is 24.4 Å². The number of carbonyl (C=O) groups excluding carboxylic acids is 1. The molecule has 1 saturated heterocycles. The number of rotatable bonds is 4. The number of benzene rings is 1. The number of imidazole rings is 1. The molecule has 1 N–H and O–H groups in total. The quantitative estimate of drug-likeness (QED) is 0.778. The number of hydrogen-bond donors (Lipinski definition) is 1. The van der Waals surface area contributed by atoms with Gasteiger partial charge in [-0.25, -0.2) is 14.8 Å². The number of carbonyl (C=O) groups is 1. The van der Waals surface area contributed by atoms with Crippen molar-refractivity contribution in [3.63, 3.8) is 0 Å². The van der Waals surface area contributed by atoms with Crippen molar-refractivity contribution in [3.05, 3.63) is 59.0 Å². The summed E-state index contributed by atoms with van der Waals surface area (Å²) in [7, 11) is 0. The summed E-state index contributed by atoms with van der Waals surface area (Å²) in [6, 6.07) is 9.76. The Morgan fingerprint density at radius 3 is 3.00 bits per heavy atom. The molecule has 3 aromatic rings. The highest BCUT2D eigenvalue weighted by Crippen LogP contribution is 2.25. The van der Waals surface area contributed by atoms with Gasteiger partial charge in [-0.05, 0) is 31.0 Å². The van der Waals surface area contributed by atoms with Crippen LogP contribution in [0.2, 0.25) is 0 Å². The Kier molecular flexibility index (Phi) is 4.51. The zero-order chi connectivity index (χ0) is 17.9. The maximum atomic E-state index is 12.7. The molecule has 1 amide bonds. The molecule has 0 aliphatic carbocycles. The Morgan fingerprint density at radius 1 is 1.23 bits per heavy atom. The topological polar surface area (TPSA) is 83.9 Å². The van der Waals surface area contributed by atoms with Crippen LogP contribution in [-0.2, 0) is 11.3 Å². The maximum Gasteiger partial charge on any atom is 0.345 e. The summed E-state index contributed by atoms with van der Waals surface area (Å²) in [5.74, 6) is 0.307. The smallest absolute Gasteiger partial charge is 0.342 e. The second-order valence-electron chi connectivity index (χ2n) is 6.69. The van der Waals surface area contributed by atoms with Gasteiger partial charge < -0.3 is 14.5 Å². The van der Waals surface area contributed by atoms with Crippen LogP contribution in [0.15, 0.2) is 47.7 Å². The van der Waals surface area contributed by atoms with E-state index >= 15 is 0 Å². The number of aryl methyl sites for hydroxylation is 1. The van der Waals surface area contributed by atoms with Crippen molar-refractivity contribution < 1.29 is 4.79 Å². The number of nitrogens with one attached hydrogen (secondary N) is 1. The molecule has 1 aromatic carbocycles. The lowest BCUT2D eigenvalue weighted by molar-refractivity contribution is -0.132. The van der Waals surface area contributed by atoms with E-state index in [2.05, 4.69) is 15.0 Å². The van der Waals surface area contributed by atoms with Crippen LogP contribution in [0.25, 0.3) is 11.0 Å². The molecule has 1 aliphatic heterocycles. The Morgan fingerprint density at radius 2 is 2.12 bits per heavy atom. The third-order valence-electron chi connectivity index (χ3n) is 5.01. The molecule has 26 heavy (non-hydrogen) atoms. The molecule has 0 unspecified atom stereocenters. The van der Waals surface area contributed by atoms with Gasteiger partial charge in [-0.2, -0.15) is 0 Å². The van der Waals surface area contributed by atoms with Gasteiger partial charge in [0.15, 0.2) is 0 Å². The minimum absolute atomic E-state index is 0.142. The molecule has 7 heteroatoms. The lowest BCUT2D eigenvalue weighted by Crippen LogP contribution is -2.40. The number of fused-ring (bicyclic) bond motifs is 1. The minimum Gasteiger partial charge on any atom is -0.342 e. The van der Waals surface area contributed by atoms with Gasteiger partial charge in [-0.1, -0.05) is 12.1 Å². The molecule has 2 aromatic heterocycles. The van der Waals surface area contributed by atoms with E-state index in [-0.39, 0.29) is 17.5 Å². The zero-order valence-electron chi connectivity index (χ0n) is 14.5. The van der Waals surface area contributed by atoms with Crippen LogP contribution in [-0.4, -0.2) is 43.4 Å². The maximum absolute atomic E-state index is 12.7. The predicted molar refractivity (Wildman–Crippen MR) is 97.8 cm³/mol. The van der Waals surface area contributed by atoms with Crippen LogP contribution in [0, 0.1) is 0 Å². The molecular weight excluding hydrogens is 330 g/mol. The highest BCUT2D eigenvalue weighted by Gasteiger charge is 2.25. The Labute approximate surface area is 150 Å². The van der Waals surface area contributed by atoms with Crippen LogP contribution < -0.4 is 5.69 Å². The number of piperidine rings is 1. The molecule has 0 spiro atoms. The summed E-state index contributed by atoms with van der Waals surface area (Å²) in [6.45, 7) is 2.03. The van der Waals surface area contributed by atoms with Gasteiger partial charge in [0.2, 0.25) is 5.91 Å². The minimum atomic E-state index is -0.335. The molecule has 0 bridgehead atoms. The molecule has 1 fully saturated rings. The molecule has 3 heterocycles. The van der Waals surface area contributed by atoms with Gasteiger partial charge in [0.25, 0.3) is 0 Å². The fourth-order valence-corrected chi connectivity index (χ4v) is 3.64. The summed E-state index contributed by atoms with van der Waals surface area (Å²) in [5.41, 5.74) is 2.52. The number of amides is 1. The number of nitrogens with zero attached hydrogens (tertiary/aromatic N) is 4. The van der Waals surface area contributed by atoms with Crippen LogP contribution >= 0.6 is 0 Å². The van der Waals surface area contributed by atoms with Crippen molar-refractivity contribution in [3.8, 4) is 0 Å². The van der Waals surface area contributed by atoms with Crippen molar-refractivity contribution in [1.29, 1.82) is 0 Å². The van der Waals surface area contributed by atoms with Crippen molar-refractivity contribution in [2.45, 2.75) is 31.7 Å². The standard InChI is InChI=1S/C19H21N5O2/c25-18(8-11-24-13-21-16-5-1-2-6-17(16)24)23-10-3-4-14(12-23)15-7-9-20-19(26)22-15/h1-2,5-7,9,13-14H,3-4,8,10-12H2,(H,20,22,26)/t14-/m1/s1. The highest BCUT2D eigenvalue weighted by molar-refractivity contribution is 5.77. The second-order valence-corrected chi connectivity index (χ2v) is 6.69. The Balaban J connectivity index is 1.40. The van der Waals surface area contributed by atoms with Gasteiger partial charge >= 0.3 is 5.69 Å². The van der Waals surface area contributed by atoms with Gasteiger partial charge in [0.1, 0.15) is 0 Å². The second kappa shape index (κ2) is 7.11. The fraction of sp³-hybridized carbons (Fsp3) is 0.368. The van der Waals surface area contributed by atoms with Gasteiger partial charge in [-0.15, -0.1) is 0 Å². The van der Waals surface area contributed by atoms with E-state index in [4.69, 9.17) is 0 Å². The van der Waals surface area contributed by atoms with Crippen LogP contribution in [0.3, 0.4) is 0 Å². The third kappa shape index (κ3) is 3.37. The summed E-state index contributed by atoms with van der Waals surface area (Å²) in [4.78, 5) is 36.9. The summed E-state index contributed by atoms with van der Waals surface area (Å²) in [6.07, 6.45) is 5.67. The van der Waals surface area contributed by atoms with E-state index in [1.807, 2.05) is 39.8 Å². The van der Waals surface area contributed by atoms with Crippen molar-refractivity contribution >= 4 is 16.9 Å². The lowest BCUT2D eigenvalue weighted by Gasteiger charge is -2.32. The SMILES string of the molecule is O=C(CCn1cnc2ccccc21)N1CCC[C@@H](c2ccnc(=O)[nH]2)C1. The van der Waals surface area contributed by atoms with E-state index in [9.17, 15) is 9.59 Å². The first-order valence-corrected chi connectivity index (χ1v) is 8.93. The van der Waals surface area contributed by atoms with E-state index in [1.54, 1.807) is 6.33 Å². The predicted octanol–water partition coefficient (Wildman–Crippen LogP) is 1.92. The summed E-state index contributed by atoms with van der Waals surface area (Å²) >= 11 is 0. The molecule has 0 saturated carbocycles. The normalized spacial score (nSPS) is 17.5. The van der Waals surface area contributed by atoms with E-state index < -0.39 is 0 Å². The molecule has 1 atom stereocenters. The number of para-hydroxylation sites is 2. The Hall–Kier alpha value is -2.96. The number of likely N-dealkylation sites (tertiary alicyclic amines) is 1. The van der Waals surface area contributed by atoms with Gasteiger partial charge in [0.05, 0.1) is 17.4 Å².